The predicted molar refractivity (Wildman–Crippen MR) is 63.1 cm³/mol. The quantitative estimate of drug-likeness (QED) is 0.493. The second-order valence-corrected chi connectivity index (χ2v) is 3.37. The summed E-state index contributed by atoms with van der Waals surface area (Å²) in [5.74, 6) is 0.711. The van der Waals surface area contributed by atoms with E-state index in [1.807, 2.05) is 6.08 Å². The third kappa shape index (κ3) is 3.07. The molecular formula is C10H9N3O2S. The van der Waals surface area contributed by atoms with Crippen LogP contribution in [0.4, 0.5) is 5.69 Å². The zero-order chi connectivity index (χ0) is 12.0. The molecule has 0 bridgehead atoms. The molecule has 1 rings (SSSR count). The Morgan fingerprint density at radius 1 is 1.69 bits per heavy atom. The third-order valence-corrected chi connectivity index (χ3v) is 2.06. The molecule has 16 heavy (non-hydrogen) atoms. The van der Waals surface area contributed by atoms with Crippen molar-refractivity contribution in [3.05, 3.63) is 39.7 Å². The van der Waals surface area contributed by atoms with Crippen LogP contribution in [0.15, 0.2) is 18.3 Å². The summed E-state index contributed by atoms with van der Waals surface area (Å²) in [7, 11) is 0. The Kier molecular flexibility index (Phi) is 4.48. The first-order chi connectivity index (χ1) is 7.69. The van der Waals surface area contributed by atoms with Gasteiger partial charge < -0.3 is 0 Å². The first-order valence-corrected chi connectivity index (χ1v) is 5.14. The van der Waals surface area contributed by atoms with Crippen molar-refractivity contribution in [2.45, 2.75) is 6.42 Å². The van der Waals surface area contributed by atoms with Crippen LogP contribution in [0.3, 0.4) is 0 Å². The number of pyridine rings is 1. The highest BCUT2D eigenvalue weighted by Gasteiger charge is 2.14. The predicted octanol–water partition coefficient (Wildman–Crippen LogP) is 2.19. The molecule has 1 aromatic heterocycles. The zero-order valence-electron chi connectivity index (χ0n) is 8.33. The molecule has 82 valence electrons. The van der Waals surface area contributed by atoms with Gasteiger partial charge in [0.05, 0.1) is 4.92 Å². The summed E-state index contributed by atoms with van der Waals surface area (Å²) in [5.41, 5.74) is 0.166. The average Bonchev–Trinajstić information content (AvgIpc) is 2.29. The van der Waals surface area contributed by atoms with E-state index >= 15 is 0 Å². The highest BCUT2D eigenvalue weighted by atomic mass is 32.1. The Hall–Kier alpha value is -1.87. The number of nitro groups is 1. The molecule has 0 N–H and O–H groups in total. The van der Waals surface area contributed by atoms with Gasteiger partial charge in [-0.25, -0.2) is 4.98 Å². The highest BCUT2D eigenvalue weighted by molar-refractivity contribution is 7.80. The maximum atomic E-state index is 10.6. The van der Waals surface area contributed by atoms with Crippen LogP contribution in [0.25, 0.3) is 6.08 Å². The first kappa shape index (κ1) is 12.2. The van der Waals surface area contributed by atoms with Gasteiger partial charge in [-0.05, 0) is 17.7 Å². The summed E-state index contributed by atoms with van der Waals surface area (Å²) in [6.07, 6.45) is 5.77. The summed E-state index contributed by atoms with van der Waals surface area (Å²) < 4.78 is 0. The monoisotopic (exact) mass is 235 g/mol. The van der Waals surface area contributed by atoms with E-state index in [0.29, 0.717) is 11.3 Å². The van der Waals surface area contributed by atoms with E-state index in [1.54, 1.807) is 12.1 Å². The van der Waals surface area contributed by atoms with Gasteiger partial charge in [0, 0.05) is 12.3 Å². The summed E-state index contributed by atoms with van der Waals surface area (Å²) in [6, 6.07) is 3.02. The van der Waals surface area contributed by atoms with Crippen molar-refractivity contribution < 1.29 is 4.92 Å². The summed E-state index contributed by atoms with van der Waals surface area (Å²) in [6.45, 7) is 0. The Balaban J connectivity index is 3.04. The van der Waals surface area contributed by atoms with E-state index in [0.717, 1.165) is 6.42 Å². The summed E-state index contributed by atoms with van der Waals surface area (Å²) in [5, 5.41) is 19.3. The number of thiol groups is 1. The molecular weight excluding hydrogens is 226 g/mol. The molecule has 5 nitrogen and oxygen atoms in total. The van der Waals surface area contributed by atoms with Crippen LogP contribution in [0.1, 0.15) is 17.7 Å². The fourth-order valence-electron chi connectivity index (χ4n) is 1.08. The molecule has 1 aromatic rings. The summed E-state index contributed by atoms with van der Waals surface area (Å²) in [4.78, 5) is 13.8. The molecule has 0 fully saturated rings. The van der Waals surface area contributed by atoms with Crippen LogP contribution in [0, 0.1) is 21.4 Å². The van der Waals surface area contributed by atoms with Gasteiger partial charge in [-0.1, -0.05) is 12.2 Å². The molecule has 0 saturated heterocycles. The molecule has 0 aromatic carbocycles. The van der Waals surface area contributed by atoms with Crippen LogP contribution in [0.5, 0.6) is 0 Å². The minimum absolute atomic E-state index is 0.170. The molecule has 0 aliphatic carbocycles. The molecule has 0 unspecified atom stereocenters. The van der Waals surface area contributed by atoms with Crippen molar-refractivity contribution in [1.29, 1.82) is 5.26 Å². The molecule has 0 saturated carbocycles. The zero-order valence-corrected chi connectivity index (χ0v) is 9.22. The van der Waals surface area contributed by atoms with Crippen LogP contribution in [-0.2, 0) is 0 Å². The van der Waals surface area contributed by atoms with Gasteiger partial charge in [0.2, 0.25) is 5.69 Å². The van der Waals surface area contributed by atoms with E-state index in [1.165, 1.54) is 12.3 Å². The van der Waals surface area contributed by atoms with Gasteiger partial charge in [0.1, 0.15) is 6.07 Å². The number of hydrogen-bond donors (Lipinski definition) is 1. The normalized spacial score (nSPS) is 10.2. The van der Waals surface area contributed by atoms with Crippen molar-refractivity contribution >= 4 is 24.4 Å². The Morgan fingerprint density at radius 3 is 3.00 bits per heavy atom. The van der Waals surface area contributed by atoms with Gasteiger partial charge >= 0.3 is 5.69 Å². The lowest BCUT2D eigenvalue weighted by Gasteiger charge is -1.96. The molecule has 1 heterocycles. The van der Waals surface area contributed by atoms with Crippen LogP contribution in [-0.4, -0.2) is 15.7 Å². The number of aromatic nitrogens is 1. The van der Waals surface area contributed by atoms with E-state index < -0.39 is 4.92 Å². The van der Waals surface area contributed by atoms with Gasteiger partial charge in [0.25, 0.3) is 0 Å². The molecule has 0 radical (unpaired) electrons. The molecule has 0 atom stereocenters. The van der Waals surface area contributed by atoms with E-state index in [-0.39, 0.29) is 11.4 Å². The number of rotatable bonds is 4. The minimum Gasteiger partial charge on any atom is -0.258 e. The Labute approximate surface area is 98.0 Å². The number of nitriles is 1. The standard InChI is InChI=1S/C10H9N3O2S/c11-6-9-10(13(14)15)5-8(7-12-9)3-1-2-4-16/h1,3,5,7,16H,2,4H2. The Bertz CT molecular complexity index is 466. The fraction of sp³-hybridized carbons (Fsp3) is 0.200. The van der Waals surface area contributed by atoms with Gasteiger partial charge in [-0.15, -0.1) is 0 Å². The Morgan fingerprint density at radius 2 is 2.44 bits per heavy atom. The van der Waals surface area contributed by atoms with E-state index in [2.05, 4.69) is 17.6 Å². The third-order valence-electron chi connectivity index (χ3n) is 1.80. The van der Waals surface area contributed by atoms with Crippen LogP contribution >= 0.6 is 12.6 Å². The lowest BCUT2D eigenvalue weighted by Crippen LogP contribution is -1.95. The van der Waals surface area contributed by atoms with Gasteiger partial charge in [-0.2, -0.15) is 17.9 Å². The highest BCUT2D eigenvalue weighted by Crippen LogP contribution is 2.17. The van der Waals surface area contributed by atoms with Crippen molar-refractivity contribution in [3.8, 4) is 6.07 Å². The number of allylic oxidation sites excluding steroid dienone is 1. The first-order valence-electron chi connectivity index (χ1n) is 4.51. The second kappa shape index (κ2) is 5.88. The smallest absolute Gasteiger partial charge is 0.258 e. The van der Waals surface area contributed by atoms with Gasteiger partial charge in [0.15, 0.2) is 0 Å². The van der Waals surface area contributed by atoms with E-state index in [9.17, 15) is 10.1 Å². The SMILES string of the molecule is N#Cc1ncc(C=CCCS)cc1[N+](=O)[O-]. The molecule has 0 amide bonds. The van der Waals surface area contributed by atoms with E-state index in [4.69, 9.17) is 5.26 Å². The summed E-state index contributed by atoms with van der Waals surface area (Å²) >= 11 is 4.03. The molecule has 0 aliphatic rings. The fourth-order valence-corrected chi connectivity index (χ4v) is 1.23. The molecule has 0 aliphatic heterocycles. The minimum atomic E-state index is -0.610. The lowest BCUT2D eigenvalue weighted by molar-refractivity contribution is -0.385. The van der Waals surface area contributed by atoms with Crippen LogP contribution < -0.4 is 0 Å². The molecule has 0 spiro atoms. The van der Waals surface area contributed by atoms with Crippen molar-refractivity contribution in [3.63, 3.8) is 0 Å². The molecule has 6 heteroatoms. The number of hydrogen-bond acceptors (Lipinski definition) is 5. The maximum absolute atomic E-state index is 10.6. The maximum Gasteiger partial charge on any atom is 0.306 e. The second-order valence-electron chi connectivity index (χ2n) is 2.92. The van der Waals surface area contributed by atoms with Crippen LogP contribution in [0.2, 0.25) is 0 Å². The number of nitrogens with zero attached hydrogens (tertiary/aromatic N) is 3. The average molecular weight is 235 g/mol. The van der Waals surface area contributed by atoms with Gasteiger partial charge in [-0.3, -0.25) is 10.1 Å². The van der Waals surface area contributed by atoms with Crippen molar-refractivity contribution in [2.75, 3.05) is 5.75 Å². The lowest BCUT2D eigenvalue weighted by atomic mass is 10.2. The van der Waals surface area contributed by atoms with Crippen molar-refractivity contribution in [2.24, 2.45) is 0 Å². The largest absolute Gasteiger partial charge is 0.306 e. The van der Waals surface area contributed by atoms with Crippen molar-refractivity contribution in [1.82, 2.24) is 4.98 Å². The topological polar surface area (TPSA) is 79.8 Å².